The number of fused-ring (bicyclic) bond motifs is 1. The van der Waals surface area contributed by atoms with E-state index in [1.165, 1.54) is 4.90 Å². The van der Waals surface area contributed by atoms with Crippen molar-refractivity contribution in [1.82, 2.24) is 0 Å². The van der Waals surface area contributed by atoms with Crippen LogP contribution in [-0.2, 0) is 14.3 Å². The molecule has 170 valence electrons. The zero-order valence-electron chi connectivity index (χ0n) is 18.7. The van der Waals surface area contributed by atoms with Gasteiger partial charge < -0.3 is 10.1 Å². The van der Waals surface area contributed by atoms with Crippen LogP contribution in [0.1, 0.15) is 53.8 Å². The lowest BCUT2D eigenvalue weighted by atomic mass is 9.82. The van der Waals surface area contributed by atoms with Gasteiger partial charge in [-0.05, 0) is 68.7 Å². The van der Waals surface area contributed by atoms with Crippen LogP contribution in [0.5, 0.6) is 0 Å². The maximum absolute atomic E-state index is 13.0. The van der Waals surface area contributed by atoms with Crippen LogP contribution >= 0.6 is 0 Å². The van der Waals surface area contributed by atoms with Gasteiger partial charge in [0.25, 0.3) is 5.91 Å². The van der Waals surface area contributed by atoms with Crippen molar-refractivity contribution >= 4 is 35.1 Å². The third kappa shape index (κ3) is 4.58. The number of anilines is 2. The highest BCUT2D eigenvalue weighted by Gasteiger charge is 2.48. The molecule has 0 unspecified atom stereocenters. The second kappa shape index (κ2) is 9.40. The van der Waals surface area contributed by atoms with Crippen LogP contribution in [0.4, 0.5) is 11.4 Å². The maximum atomic E-state index is 13.0. The van der Waals surface area contributed by atoms with Gasteiger partial charge in [-0.1, -0.05) is 24.6 Å². The van der Waals surface area contributed by atoms with E-state index in [0.29, 0.717) is 42.0 Å². The molecule has 0 spiro atoms. The Morgan fingerprint density at radius 1 is 1.03 bits per heavy atom. The van der Waals surface area contributed by atoms with Gasteiger partial charge in [-0.25, -0.2) is 4.79 Å². The number of allylic oxidation sites excluding steroid dienone is 2. The van der Waals surface area contributed by atoms with Crippen molar-refractivity contribution in [2.45, 2.75) is 33.1 Å². The van der Waals surface area contributed by atoms with Gasteiger partial charge in [0.1, 0.15) is 0 Å². The fourth-order valence-electron chi connectivity index (χ4n) is 4.25. The molecule has 0 bridgehead atoms. The van der Waals surface area contributed by atoms with E-state index in [2.05, 4.69) is 5.32 Å². The number of rotatable bonds is 6. The molecule has 0 radical (unpaired) electrons. The topological polar surface area (TPSA) is 92.8 Å². The molecular formula is C26H26N2O5. The molecule has 1 N–H and O–H groups in total. The second-order valence-electron chi connectivity index (χ2n) is 8.43. The highest BCUT2D eigenvalue weighted by molar-refractivity contribution is 6.22. The monoisotopic (exact) mass is 446 g/mol. The summed E-state index contributed by atoms with van der Waals surface area (Å²) in [6, 6.07) is 12.9. The number of hydrogen-bond donors (Lipinski definition) is 1. The first-order valence-corrected chi connectivity index (χ1v) is 11.1. The van der Waals surface area contributed by atoms with E-state index in [0.717, 1.165) is 12.0 Å². The van der Waals surface area contributed by atoms with Crippen molar-refractivity contribution in [1.29, 1.82) is 0 Å². The molecule has 1 saturated heterocycles. The van der Waals surface area contributed by atoms with Gasteiger partial charge in [-0.15, -0.1) is 0 Å². The Balaban J connectivity index is 1.47. The molecule has 1 heterocycles. The van der Waals surface area contributed by atoms with Gasteiger partial charge in [0.15, 0.2) is 0 Å². The van der Waals surface area contributed by atoms with Gasteiger partial charge in [0.2, 0.25) is 11.8 Å². The van der Waals surface area contributed by atoms with E-state index >= 15 is 0 Å². The lowest BCUT2D eigenvalue weighted by Gasteiger charge is -2.18. The minimum Gasteiger partial charge on any atom is -0.462 e. The van der Waals surface area contributed by atoms with E-state index in [-0.39, 0.29) is 29.6 Å². The molecule has 0 aromatic heterocycles. The number of imide groups is 1. The van der Waals surface area contributed by atoms with Crippen molar-refractivity contribution in [2.24, 2.45) is 11.8 Å². The fraction of sp³-hybridized carbons (Fsp3) is 0.308. The number of esters is 1. The number of carbonyl (C=O) groups excluding carboxylic acids is 4. The summed E-state index contributed by atoms with van der Waals surface area (Å²) in [5.74, 6) is -1.87. The molecule has 2 aliphatic rings. The molecule has 1 aliphatic heterocycles. The number of nitrogens with one attached hydrogen (secondary N) is 1. The van der Waals surface area contributed by atoms with Gasteiger partial charge >= 0.3 is 5.97 Å². The van der Waals surface area contributed by atoms with Crippen LogP contribution in [0.25, 0.3) is 0 Å². The van der Waals surface area contributed by atoms with E-state index in [1.54, 1.807) is 48.5 Å². The minimum atomic E-state index is -0.409. The molecule has 4 rings (SSSR count). The van der Waals surface area contributed by atoms with Crippen LogP contribution in [-0.4, -0.2) is 30.3 Å². The van der Waals surface area contributed by atoms with Gasteiger partial charge in [-0.3, -0.25) is 19.3 Å². The van der Waals surface area contributed by atoms with Crippen molar-refractivity contribution in [3.05, 3.63) is 71.3 Å². The predicted octanol–water partition coefficient (Wildman–Crippen LogP) is 4.35. The summed E-state index contributed by atoms with van der Waals surface area (Å²) >= 11 is 0. The zero-order chi connectivity index (χ0) is 23.5. The SMILES string of the molecule is CCCOC(=O)c1ccc(NC(=O)c2cccc(N3C(=O)[C@H]4CC=C(C)C[C@@H]4C3=O)c2)cc1. The number of ether oxygens (including phenoxy) is 1. The Morgan fingerprint density at radius 3 is 2.48 bits per heavy atom. The number of hydrogen-bond acceptors (Lipinski definition) is 5. The van der Waals surface area contributed by atoms with Crippen LogP contribution in [0.3, 0.4) is 0 Å². The minimum absolute atomic E-state index is 0.208. The van der Waals surface area contributed by atoms with Crippen molar-refractivity contribution in [2.75, 3.05) is 16.8 Å². The van der Waals surface area contributed by atoms with Gasteiger partial charge in [0, 0.05) is 11.3 Å². The number of amides is 3. The predicted molar refractivity (Wildman–Crippen MR) is 124 cm³/mol. The zero-order valence-corrected chi connectivity index (χ0v) is 18.7. The smallest absolute Gasteiger partial charge is 0.338 e. The number of carbonyl (C=O) groups is 4. The van der Waals surface area contributed by atoms with Crippen molar-refractivity contribution < 1.29 is 23.9 Å². The summed E-state index contributed by atoms with van der Waals surface area (Å²) in [6.07, 6.45) is 3.92. The van der Waals surface area contributed by atoms with Crippen LogP contribution < -0.4 is 10.2 Å². The Hall–Kier alpha value is -3.74. The first-order chi connectivity index (χ1) is 15.9. The molecule has 2 aromatic carbocycles. The van der Waals surface area contributed by atoms with E-state index in [4.69, 9.17) is 4.74 Å². The Labute approximate surface area is 192 Å². The summed E-state index contributed by atoms with van der Waals surface area (Å²) in [7, 11) is 0. The standard InChI is InChI=1S/C26H26N2O5/c1-3-13-33-26(32)17-8-10-19(11-9-17)27-23(29)18-5-4-6-20(15-18)28-24(30)21-12-7-16(2)14-22(21)25(28)31/h4-11,15,21-22H,3,12-14H2,1-2H3,(H,27,29)/t21-,22-/m0/s1. The Kier molecular flexibility index (Phi) is 6.40. The second-order valence-corrected chi connectivity index (χ2v) is 8.43. The summed E-state index contributed by atoms with van der Waals surface area (Å²) in [6.45, 7) is 4.25. The van der Waals surface area contributed by atoms with Crippen molar-refractivity contribution in [3.63, 3.8) is 0 Å². The molecule has 33 heavy (non-hydrogen) atoms. The molecule has 1 fully saturated rings. The van der Waals surface area contributed by atoms with E-state index < -0.39 is 5.97 Å². The largest absolute Gasteiger partial charge is 0.462 e. The van der Waals surface area contributed by atoms with Crippen LogP contribution in [0, 0.1) is 11.8 Å². The molecule has 2 aromatic rings. The van der Waals surface area contributed by atoms with Gasteiger partial charge in [0.05, 0.1) is 29.7 Å². The maximum Gasteiger partial charge on any atom is 0.338 e. The third-order valence-electron chi connectivity index (χ3n) is 6.01. The van der Waals surface area contributed by atoms with E-state index in [9.17, 15) is 19.2 Å². The number of nitrogens with zero attached hydrogens (tertiary/aromatic N) is 1. The summed E-state index contributed by atoms with van der Waals surface area (Å²) in [5, 5.41) is 2.78. The lowest BCUT2D eigenvalue weighted by Crippen LogP contribution is -2.31. The summed E-state index contributed by atoms with van der Waals surface area (Å²) in [4.78, 5) is 51.8. The first kappa shape index (κ1) is 22.5. The molecule has 0 saturated carbocycles. The van der Waals surface area contributed by atoms with Crippen LogP contribution in [0.2, 0.25) is 0 Å². The molecule has 7 heteroatoms. The molecule has 1 aliphatic carbocycles. The highest BCUT2D eigenvalue weighted by Crippen LogP contribution is 2.39. The van der Waals surface area contributed by atoms with E-state index in [1.807, 2.05) is 19.9 Å². The van der Waals surface area contributed by atoms with Gasteiger partial charge in [-0.2, -0.15) is 0 Å². The normalized spacial score (nSPS) is 19.7. The quantitative estimate of drug-likeness (QED) is 0.405. The average Bonchev–Trinajstić information content (AvgIpc) is 3.07. The molecular weight excluding hydrogens is 420 g/mol. The highest BCUT2D eigenvalue weighted by atomic mass is 16.5. The molecule has 2 atom stereocenters. The van der Waals surface area contributed by atoms with Crippen molar-refractivity contribution in [3.8, 4) is 0 Å². The average molecular weight is 447 g/mol. The third-order valence-corrected chi connectivity index (χ3v) is 6.01. The number of benzene rings is 2. The molecule has 3 amide bonds. The molecule has 7 nitrogen and oxygen atoms in total. The Bertz CT molecular complexity index is 1140. The fourth-order valence-corrected chi connectivity index (χ4v) is 4.25. The first-order valence-electron chi connectivity index (χ1n) is 11.1. The lowest BCUT2D eigenvalue weighted by molar-refractivity contribution is -0.122. The van der Waals surface area contributed by atoms with Crippen LogP contribution in [0.15, 0.2) is 60.2 Å². The summed E-state index contributed by atoms with van der Waals surface area (Å²) in [5.41, 5.74) is 2.76. The summed E-state index contributed by atoms with van der Waals surface area (Å²) < 4.78 is 5.10. The Morgan fingerprint density at radius 2 is 1.76 bits per heavy atom.